The number of nitrogens with zero attached hydrogens (tertiary/aromatic N) is 4. The van der Waals surface area contributed by atoms with E-state index in [0.29, 0.717) is 16.9 Å². The molecular formula is C20H20N6O2S. The lowest BCUT2D eigenvalue weighted by molar-refractivity contribution is 0.601. The van der Waals surface area contributed by atoms with Crippen LogP contribution in [0.1, 0.15) is 12.5 Å². The van der Waals surface area contributed by atoms with Crippen molar-refractivity contribution in [2.45, 2.75) is 18.2 Å². The van der Waals surface area contributed by atoms with Gasteiger partial charge in [-0.2, -0.15) is 5.10 Å². The highest BCUT2D eigenvalue weighted by Gasteiger charge is 2.20. The summed E-state index contributed by atoms with van der Waals surface area (Å²) >= 11 is 0. The molecule has 4 aromatic rings. The van der Waals surface area contributed by atoms with Gasteiger partial charge in [-0.1, -0.05) is 31.2 Å². The lowest BCUT2D eigenvalue weighted by Crippen LogP contribution is -2.15. The quantitative estimate of drug-likeness (QED) is 0.506. The summed E-state index contributed by atoms with van der Waals surface area (Å²) in [7, 11) is -2.21. The molecule has 9 heteroatoms. The Morgan fingerprint density at radius 3 is 2.21 bits per heavy atom. The monoisotopic (exact) mass is 408 g/mol. The van der Waals surface area contributed by atoms with Crippen molar-refractivity contribution < 1.29 is 8.42 Å². The van der Waals surface area contributed by atoms with Gasteiger partial charge in [-0.15, -0.1) is 0 Å². The minimum absolute atomic E-state index is 0.0493. The van der Waals surface area contributed by atoms with Crippen LogP contribution in [0.4, 0.5) is 17.3 Å². The van der Waals surface area contributed by atoms with E-state index < -0.39 is 10.0 Å². The summed E-state index contributed by atoms with van der Waals surface area (Å²) in [6.45, 7) is 2.09. The Balaban J connectivity index is 1.75. The summed E-state index contributed by atoms with van der Waals surface area (Å²) in [5.74, 6) is 0.438. The zero-order valence-corrected chi connectivity index (χ0v) is 16.8. The number of aryl methyl sites for hydroxylation is 2. The van der Waals surface area contributed by atoms with E-state index in [2.05, 4.69) is 32.0 Å². The first-order chi connectivity index (χ1) is 13.9. The largest absolute Gasteiger partial charge is 0.337 e. The topological polar surface area (TPSA) is 102 Å². The normalized spacial score (nSPS) is 11.5. The Bertz CT molecular complexity index is 1270. The summed E-state index contributed by atoms with van der Waals surface area (Å²) in [5, 5.41) is 7.10. The van der Waals surface area contributed by atoms with E-state index in [0.717, 1.165) is 12.1 Å². The van der Waals surface area contributed by atoms with Gasteiger partial charge in [0.1, 0.15) is 4.90 Å². The molecule has 0 aliphatic carbocycles. The van der Waals surface area contributed by atoms with Crippen molar-refractivity contribution in [1.82, 2.24) is 19.7 Å². The summed E-state index contributed by atoms with van der Waals surface area (Å²) in [5.41, 5.74) is 3.24. The molecule has 0 aliphatic rings. The molecule has 2 N–H and O–H groups in total. The van der Waals surface area contributed by atoms with Crippen LogP contribution in [0.15, 0.2) is 65.8 Å². The van der Waals surface area contributed by atoms with Gasteiger partial charge in [-0.05, 0) is 36.2 Å². The van der Waals surface area contributed by atoms with Crippen LogP contribution >= 0.6 is 0 Å². The molecule has 0 radical (unpaired) electrons. The number of para-hydroxylation sites is 2. The Labute approximate surface area is 168 Å². The second-order valence-electron chi connectivity index (χ2n) is 6.54. The van der Waals surface area contributed by atoms with E-state index in [1.165, 1.54) is 22.6 Å². The minimum atomic E-state index is -3.86. The lowest BCUT2D eigenvalue weighted by Gasteiger charge is -2.13. The second-order valence-corrected chi connectivity index (χ2v) is 8.22. The smallest absolute Gasteiger partial charge is 0.266 e. The third-order valence-corrected chi connectivity index (χ3v) is 5.71. The second kappa shape index (κ2) is 7.51. The molecule has 29 heavy (non-hydrogen) atoms. The summed E-state index contributed by atoms with van der Waals surface area (Å²) in [6, 6.07) is 15.2. The summed E-state index contributed by atoms with van der Waals surface area (Å²) in [4.78, 5) is 9.10. The van der Waals surface area contributed by atoms with Gasteiger partial charge in [0.05, 0.1) is 17.2 Å². The third kappa shape index (κ3) is 4.04. The van der Waals surface area contributed by atoms with Crippen molar-refractivity contribution in [2.75, 3.05) is 10.0 Å². The van der Waals surface area contributed by atoms with Crippen molar-refractivity contribution in [2.24, 2.45) is 7.05 Å². The van der Waals surface area contributed by atoms with E-state index in [-0.39, 0.29) is 10.7 Å². The van der Waals surface area contributed by atoms with Gasteiger partial charge in [-0.25, -0.2) is 18.4 Å². The maximum Gasteiger partial charge on any atom is 0.266 e. The summed E-state index contributed by atoms with van der Waals surface area (Å²) in [6.07, 6.45) is 3.65. The average Bonchev–Trinajstić information content (AvgIpc) is 3.16. The minimum Gasteiger partial charge on any atom is -0.337 e. The van der Waals surface area contributed by atoms with Crippen LogP contribution in [0.3, 0.4) is 0 Å². The van der Waals surface area contributed by atoms with Crippen molar-refractivity contribution in [3.8, 4) is 0 Å². The first-order valence-corrected chi connectivity index (χ1v) is 10.6. The molecule has 0 unspecified atom stereocenters. The van der Waals surface area contributed by atoms with Crippen LogP contribution in [0, 0.1) is 0 Å². The Morgan fingerprint density at radius 2 is 1.62 bits per heavy atom. The molecule has 2 heterocycles. The van der Waals surface area contributed by atoms with E-state index in [4.69, 9.17) is 0 Å². The number of fused-ring (bicyclic) bond motifs is 1. The van der Waals surface area contributed by atoms with E-state index in [9.17, 15) is 8.42 Å². The zero-order valence-electron chi connectivity index (χ0n) is 16.0. The number of hydrogen-bond donors (Lipinski definition) is 2. The standard InChI is InChI=1S/C20H20N6O2S/c1-3-14-8-10-15(11-9-14)22-19-20(24-18-7-5-4-6-17(18)23-19)25-29(27,28)16-12-21-26(2)13-16/h4-13H,3H2,1-2H3,(H,22,23)(H,24,25). The molecule has 148 valence electrons. The number of benzene rings is 2. The number of nitrogens with one attached hydrogen (secondary N) is 2. The highest BCUT2D eigenvalue weighted by Crippen LogP contribution is 2.27. The maximum atomic E-state index is 12.8. The number of sulfonamides is 1. The van der Waals surface area contributed by atoms with Crippen LogP contribution in [0.2, 0.25) is 0 Å². The van der Waals surface area contributed by atoms with Gasteiger partial charge < -0.3 is 5.32 Å². The highest BCUT2D eigenvalue weighted by molar-refractivity contribution is 7.92. The van der Waals surface area contributed by atoms with Crippen molar-refractivity contribution in [1.29, 1.82) is 0 Å². The molecule has 0 saturated carbocycles. The molecule has 0 atom stereocenters. The SMILES string of the molecule is CCc1ccc(Nc2nc3ccccc3nc2NS(=O)(=O)c2cnn(C)c2)cc1. The first-order valence-electron chi connectivity index (χ1n) is 9.09. The van der Waals surface area contributed by atoms with E-state index in [1.54, 1.807) is 13.1 Å². The van der Waals surface area contributed by atoms with Crippen LogP contribution in [0.25, 0.3) is 11.0 Å². The lowest BCUT2D eigenvalue weighted by atomic mass is 10.1. The van der Waals surface area contributed by atoms with Gasteiger partial charge in [0, 0.05) is 18.9 Å². The number of aromatic nitrogens is 4. The number of anilines is 3. The predicted molar refractivity (Wildman–Crippen MR) is 113 cm³/mol. The van der Waals surface area contributed by atoms with Crippen LogP contribution in [0.5, 0.6) is 0 Å². The molecule has 0 amide bonds. The maximum absolute atomic E-state index is 12.8. The average molecular weight is 408 g/mol. The Kier molecular flexibility index (Phi) is 4.89. The van der Waals surface area contributed by atoms with Gasteiger partial charge in [0.25, 0.3) is 10.0 Å². The predicted octanol–water partition coefficient (Wildman–Crippen LogP) is 3.47. The fraction of sp³-hybridized carbons (Fsp3) is 0.150. The molecule has 0 aliphatic heterocycles. The van der Waals surface area contributed by atoms with Gasteiger partial charge in [0.15, 0.2) is 11.6 Å². The van der Waals surface area contributed by atoms with Crippen molar-refractivity contribution in [3.05, 3.63) is 66.5 Å². The molecule has 8 nitrogen and oxygen atoms in total. The van der Waals surface area contributed by atoms with Gasteiger partial charge >= 0.3 is 0 Å². The van der Waals surface area contributed by atoms with E-state index in [1.807, 2.05) is 42.5 Å². The molecule has 0 saturated heterocycles. The third-order valence-electron chi connectivity index (χ3n) is 4.42. The van der Waals surface area contributed by atoms with Gasteiger partial charge in [-0.3, -0.25) is 9.40 Å². The van der Waals surface area contributed by atoms with Crippen molar-refractivity contribution >= 4 is 38.4 Å². The molecule has 0 bridgehead atoms. The van der Waals surface area contributed by atoms with Crippen molar-refractivity contribution in [3.63, 3.8) is 0 Å². The molecule has 0 spiro atoms. The molecule has 2 aromatic carbocycles. The number of rotatable bonds is 6. The van der Waals surface area contributed by atoms with Gasteiger partial charge in [0.2, 0.25) is 0 Å². The zero-order chi connectivity index (χ0) is 20.4. The Morgan fingerprint density at radius 1 is 0.966 bits per heavy atom. The molecular weight excluding hydrogens is 388 g/mol. The highest BCUT2D eigenvalue weighted by atomic mass is 32.2. The van der Waals surface area contributed by atoms with Crippen LogP contribution in [-0.2, 0) is 23.5 Å². The molecule has 4 rings (SSSR count). The molecule has 2 aromatic heterocycles. The molecule has 0 fully saturated rings. The first kappa shape index (κ1) is 18.9. The van der Waals surface area contributed by atoms with Crippen LogP contribution < -0.4 is 10.0 Å². The fourth-order valence-electron chi connectivity index (χ4n) is 2.84. The Hall–Kier alpha value is -3.46. The van der Waals surface area contributed by atoms with Crippen LogP contribution in [-0.4, -0.2) is 28.2 Å². The fourth-order valence-corrected chi connectivity index (χ4v) is 3.83. The number of hydrogen-bond acceptors (Lipinski definition) is 6. The summed E-state index contributed by atoms with van der Waals surface area (Å²) < 4.78 is 29.5. The van der Waals surface area contributed by atoms with E-state index >= 15 is 0 Å².